The number of ether oxygens (including phenoxy) is 1. The number of nitrogens with one attached hydrogen (secondary N) is 1. The van der Waals surface area contributed by atoms with E-state index in [0.29, 0.717) is 5.69 Å². The molecular weight excluding hydrogens is 301 g/mol. The van der Waals surface area contributed by atoms with E-state index < -0.39 is 18.8 Å². The first kappa shape index (κ1) is 18.4. The Morgan fingerprint density at radius 2 is 1.68 bits per heavy atom. The van der Waals surface area contributed by atoms with Crippen molar-refractivity contribution in [2.75, 3.05) is 24.8 Å². The normalized spacial score (nSPS) is 11.9. The van der Waals surface area contributed by atoms with Gasteiger partial charge in [-0.05, 0) is 51.8 Å². The highest BCUT2D eigenvalue weighted by Crippen LogP contribution is 2.35. The number of rotatable bonds is 5. The average molecular weight is 325 g/mol. The van der Waals surface area contributed by atoms with Gasteiger partial charge in [0.1, 0.15) is 11.4 Å². The second kappa shape index (κ2) is 7.10. The van der Waals surface area contributed by atoms with Gasteiger partial charge in [-0.25, -0.2) is 4.79 Å². The second-order valence-corrected chi connectivity index (χ2v) is 10.2. The zero-order valence-corrected chi connectivity index (χ0v) is 14.7. The summed E-state index contributed by atoms with van der Waals surface area (Å²) in [7, 11) is -2.33. The number of anilines is 1. The highest BCUT2D eigenvalue weighted by Gasteiger charge is 2.16. The molecule has 1 amide bonds. The number of Topliss-reactive ketones (excluding diaryl/α,β-unsaturated/α-hetero) is 1. The fourth-order valence-corrected chi connectivity index (χ4v) is 2.80. The molecule has 0 bridgehead atoms. The maximum absolute atomic E-state index is 11.8. The van der Waals surface area contributed by atoms with Gasteiger partial charge in [0.25, 0.3) is 0 Å². The van der Waals surface area contributed by atoms with Crippen LogP contribution in [0.1, 0.15) is 26.3 Å². The van der Waals surface area contributed by atoms with Gasteiger partial charge >= 0.3 is 6.09 Å². The maximum Gasteiger partial charge on any atom is 0.412 e. The molecule has 1 aromatic carbocycles. The van der Waals surface area contributed by atoms with Crippen molar-refractivity contribution >= 4 is 24.7 Å². The molecule has 1 rings (SSSR count). The van der Waals surface area contributed by atoms with Crippen molar-refractivity contribution in [1.29, 1.82) is 0 Å². The largest absolute Gasteiger partial charge is 0.444 e. The van der Waals surface area contributed by atoms with E-state index in [9.17, 15) is 14.2 Å². The highest BCUT2D eigenvalue weighted by atomic mass is 31.2. The smallest absolute Gasteiger partial charge is 0.412 e. The fraction of sp³-hybridized carbons (Fsp3) is 0.500. The van der Waals surface area contributed by atoms with Crippen LogP contribution in [0.2, 0.25) is 0 Å². The van der Waals surface area contributed by atoms with Crippen molar-refractivity contribution in [3.63, 3.8) is 0 Å². The molecule has 122 valence electrons. The van der Waals surface area contributed by atoms with E-state index in [2.05, 4.69) is 5.32 Å². The molecule has 0 aliphatic heterocycles. The third-order valence-corrected chi connectivity index (χ3v) is 3.67. The van der Waals surface area contributed by atoms with E-state index in [-0.39, 0.29) is 18.4 Å². The lowest BCUT2D eigenvalue weighted by atomic mass is 10.1. The van der Waals surface area contributed by atoms with E-state index in [1.807, 2.05) is 0 Å². The van der Waals surface area contributed by atoms with E-state index in [4.69, 9.17) is 4.74 Å². The minimum absolute atomic E-state index is 0.0406. The molecule has 0 aliphatic rings. The van der Waals surface area contributed by atoms with Gasteiger partial charge in [0.15, 0.2) is 0 Å². The number of benzene rings is 1. The highest BCUT2D eigenvalue weighted by molar-refractivity contribution is 7.63. The first-order valence-electron chi connectivity index (χ1n) is 7.09. The quantitative estimate of drug-likeness (QED) is 0.837. The van der Waals surface area contributed by atoms with Crippen molar-refractivity contribution in [1.82, 2.24) is 0 Å². The molecule has 0 saturated heterocycles. The van der Waals surface area contributed by atoms with Gasteiger partial charge in [0.2, 0.25) is 0 Å². The SMILES string of the molecule is CC(C)(C)OC(=O)Nc1ccc(CC(=O)CP(C)(C)=O)cc1. The van der Waals surface area contributed by atoms with Gasteiger partial charge < -0.3 is 9.30 Å². The Labute approximate surface area is 131 Å². The summed E-state index contributed by atoms with van der Waals surface area (Å²) in [5, 5.41) is 2.63. The summed E-state index contributed by atoms with van der Waals surface area (Å²) in [5.41, 5.74) is 0.875. The fourth-order valence-electron chi connectivity index (χ4n) is 1.84. The molecule has 0 atom stereocenters. The maximum atomic E-state index is 11.8. The van der Waals surface area contributed by atoms with Crippen molar-refractivity contribution < 1.29 is 18.9 Å². The minimum Gasteiger partial charge on any atom is -0.444 e. The van der Waals surface area contributed by atoms with Crippen LogP contribution in [0, 0.1) is 0 Å². The van der Waals surface area contributed by atoms with Crippen LogP contribution in [-0.2, 0) is 20.5 Å². The van der Waals surface area contributed by atoms with Gasteiger partial charge in [0, 0.05) is 12.1 Å². The minimum atomic E-state index is -2.33. The van der Waals surface area contributed by atoms with Gasteiger partial charge in [-0.15, -0.1) is 0 Å². The monoisotopic (exact) mass is 325 g/mol. The van der Waals surface area contributed by atoms with Crippen LogP contribution in [-0.4, -0.2) is 37.0 Å². The second-order valence-electron chi connectivity index (χ2n) is 6.77. The molecule has 0 saturated carbocycles. The Morgan fingerprint density at radius 1 is 1.14 bits per heavy atom. The molecule has 1 N–H and O–H groups in total. The van der Waals surface area contributed by atoms with E-state index in [1.165, 1.54) is 0 Å². The van der Waals surface area contributed by atoms with Gasteiger partial charge in [-0.2, -0.15) is 0 Å². The molecule has 0 unspecified atom stereocenters. The average Bonchev–Trinajstić information content (AvgIpc) is 2.26. The van der Waals surface area contributed by atoms with Crippen LogP contribution in [0.4, 0.5) is 10.5 Å². The van der Waals surface area contributed by atoms with E-state index >= 15 is 0 Å². The lowest BCUT2D eigenvalue weighted by Gasteiger charge is -2.19. The summed E-state index contributed by atoms with van der Waals surface area (Å²) >= 11 is 0. The predicted octanol–water partition coefficient (Wildman–Crippen LogP) is 3.77. The molecular formula is C16H24NO4P. The van der Waals surface area contributed by atoms with Crippen LogP contribution in [0.15, 0.2) is 24.3 Å². The Balaban J connectivity index is 2.58. The number of carbonyl (C=O) groups is 2. The van der Waals surface area contributed by atoms with Crippen LogP contribution in [0.25, 0.3) is 0 Å². The molecule has 22 heavy (non-hydrogen) atoms. The van der Waals surface area contributed by atoms with Crippen LogP contribution in [0.5, 0.6) is 0 Å². The van der Waals surface area contributed by atoms with Crippen LogP contribution >= 0.6 is 7.14 Å². The number of carbonyl (C=O) groups excluding carboxylic acids is 2. The Morgan fingerprint density at radius 3 is 2.14 bits per heavy atom. The number of hydrogen-bond donors (Lipinski definition) is 1. The Bertz CT molecular complexity index is 581. The molecule has 6 heteroatoms. The number of hydrogen-bond acceptors (Lipinski definition) is 4. The zero-order chi connectivity index (χ0) is 17.0. The Kier molecular flexibility index (Phi) is 5.95. The molecule has 0 radical (unpaired) electrons. The lowest BCUT2D eigenvalue weighted by Crippen LogP contribution is -2.27. The van der Waals surface area contributed by atoms with Crippen molar-refractivity contribution in [2.45, 2.75) is 32.8 Å². The van der Waals surface area contributed by atoms with Gasteiger partial charge in [-0.1, -0.05) is 12.1 Å². The molecule has 0 spiro atoms. The summed E-state index contributed by atoms with van der Waals surface area (Å²) in [6.07, 6.45) is -0.155. The van der Waals surface area contributed by atoms with Crippen molar-refractivity contribution in [3.05, 3.63) is 29.8 Å². The van der Waals surface area contributed by atoms with Gasteiger partial charge in [0.05, 0.1) is 13.3 Å². The third-order valence-electron chi connectivity index (χ3n) is 2.56. The summed E-state index contributed by atoms with van der Waals surface area (Å²) in [4.78, 5) is 23.4. The predicted molar refractivity (Wildman–Crippen MR) is 89.3 cm³/mol. The summed E-state index contributed by atoms with van der Waals surface area (Å²) < 4.78 is 16.8. The molecule has 0 aliphatic carbocycles. The summed E-state index contributed by atoms with van der Waals surface area (Å²) in [6.45, 7) is 8.60. The third kappa shape index (κ3) is 7.99. The van der Waals surface area contributed by atoms with Crippen molar-refractivity contribution in [3.8, 4) is 0 Å². The summed E-state index contributed by atoms with van der Waals surface area (Å²) in [6, 6.07) is 6.95. The van der Waals surface area contributed by atoms with Gasteiger partial charge in [-0.3, -0.25) is 10.1 Å². The lowest BCUT2D eigenvalue weighted by molar-refractivity contribution is -0.116. The van der Waals surface area contributed by atoms with E-state index in [0.717, 1.165) is 5.56 Å². The number of amides is 1. The van der Waals surface area contributed by atoms with Crippen molar-refractivity contribution in [2.24, 2.45) is 0 Å². The molecule has 0 fully saturated rings. The topological polar surface area (TPSA) is 72.5 Å². The standard InChI is InChI=1S/C16H24NO4P/c1-16(2,3)21-15(19)17-13-8-6-12(7-9-13)10-14(18)11-22(4,5)20/h6-9H,10-11H2,1-5H3,(H,17,19). The van der Waals surface area contributed by atoms with Crippen LogP contribution < -0.4 is 5.32 Å². The molecule has 5 nitrogen and oxygen atoms in total. The first-order chi connectivity index (χ1) is 9.94. The molecule has 1 aromatic rings. The van der Waals surface area contributed by atoms with E-state index in [1.54, 1.807) is 58.4 Å². The Hall–Kier alpha value is -1.61. The van der Waals surface area contributed by atoms with Crippen LogP contribution in [0.3, 0.4) is 0 Å². The first-order valence-corrected chi connectivity index (χ1v) is 9.88. The number of ketones is 1. The zero-order valence-electron chi connectivity index (χ0n) is 13.8. The molecule has 0 aromatic heterocycles. The molecule has 0 heterocycles. The summed E-state index contributed by atoms with van der Waals surface area (Å²) in [5.74, 6) is -0.0406.